The van der Waals surface area contributed by atoms with Crippen LogP contribution in [-0.4, -0.2) is 258 Å². The number of likely N-dealkylation sites (N-methyl/N-ethyl adjacent to an activating group) is 1. The number of hydrogen-bond acceptors (Lipinski definition) is 22. The van der Waals surface area contributed by atoms with Gasteiger partial charge in [0, 0.05) is 108 Å². The van der Waals surface area contributed by atoms with Crippen LogP contribution in [0.1, 0.15) is 102 Å². The molecule has 1 saturated heterocycles. The van der Waals surface area contributed by atoms with Crippen LogP contribution in [0.5, 0.6) is 0 Å². The highest BCUT2D eigenvalue weighted by Crippen LogP contribution is 2.23. The summed E-state index contributed by atoms with van der Waals surface area (Å²) in [6.45, 7) is 3.38. The number of nitrogens with zero attached hydrogens (tertiary/aromatic N) is 7. The fourth-order valence-electron chi connectivity index (χ4n) is 10.4. The number of carbonyl (C=O) groups excluding carboxylic acids is 9. The Morgan fingerprint density at radius 1 is 0.586 bits per heavy atom. The maximum absolute atomic E-state index is 14.0. The average Bonchev–Trinajstić information content (AvgIpc) is 1.73. The van der Waals surface area contributed by atoms with Gasteiger partial charge in [0.15, 0.2) is 10.9 Å². The lowest BCUT2D eigenvalue weighted by atomic mass is 9.91. The number of thiocarbonyl (C=S) groups is 1. The van der Waals surface area contributed by atoms with Crippen molar-refractivity contribution >= 4 is 106 Å². The smallest absolute Gasteiger partial charge is 0.373 e. The van der Waals surface area contributed by atoms with Crippen molar-refractivity contribution in [1.82, 2.24) is 61.2 Å². The van der Waals surface area contributed by atoms with Gasteiger partial charge in [-0.3, -0.25) is 48.3 Å². The summed E-state index contributed by atoms with van der Waals surface area (Å²) in [6.07, 6.45) is 6.11. The zero-order valence-electron chi connectivity index (χ0n) is 55.4. The number of urea groups is 2. The number of anilines is 2. The van der Waals surface area contributed by atoms with Crippen molar-refractivity contribution in [3.05, 3.63) is 60.3 Å². The van der Waals surface area contributed by atoms with E-state index in [9.17, 15) is 78.3 Å². The summed E-state index contributed by atoms with van der Waals surface area (Å²) in [5.41, 5.74) is 2.82. The molecule has 0 aliphatic carbocycles. The second-order valence-electron chi connectivity index (χ2n) is 23.2. The molecule has 1 unspecified atom stereocenters. The van der Waals surface area contributed by atoms with E-state index in [1.165, 1.54) is 17.8 Å². The minimum atomic E-state index is -1.25. The van der Waals surface area contributed by atoms with Crippen LogP contribution in [0.4, 0.5) is 21.0 Å². The van der Waals surface area contributed by atoms with Crippen molar-refractivity contribution in [2.75, 3.05) is 103 Å². The molecule has 2 heterocycles. The number of carbonyl (C=O) groups is 11. The number of benzene rings is 2. The lowest BCUT2D eigenvalue weighted by Crippen LogP contribution is -2.52. The molecule has 36 heteroatoms. The first-order chi connectivity index (χ1) is 47.2. The van der Waals surface area contributed by atoms with Crippen molar-refractivity contribution in [2.24, 2.45) is 5.92 Å². The van der Waals surface area contributed by atoms with E-state index >= 15 is 0 Å². The Bertz CT molecular complexity index is 3170. The number of rotatable bonds is 40. The van der Waals surface area contributed by atoms with E-state index in [2.05, 4.69) is 47.5 Å². The fraction of sp³-hybridized carbons (Fsp3) is 0.556. The van der Waals surface area contributed by atoms with E-state index < -0.39 is 77.6 Å². The highest BCUT2D eigenvalue weighted by Gasteiger charge is 2.29. The van der Waals surface area contributed by atoms with Crippen LogP contribution in [0.3, 0.4) is 0 Å². The lowest BCUT2D eigenvalue weighted by molar-refractivity contribution is -0.193. The molecular weight excluding hydrogens is 1320 g/mol. The Balaban J connectivity index is 0.00000535. The second kappa shape index (κ2) is 48.7. The van der Waals surface area contributed by atoms with Gasteiger partial charge in [0.2, 0.25) is 5.91 Å². The molecule has 99 heavy (non-hydrogen) atoms. The third kappa shape index (κ3) is 38.5. The van der Waals surface area contributed by atoms with E-state index in [1.54, 1.807) is 34.1 Å². The molecule has 0 radical (unpaired) electrons. The van der Waals surface area contributed by atoms with E-state index in [1.807, 2.05) is 41.1 Å². The first kappa shape index (κ1) is 85.1. The summed E-state index contributed by atoms with van der Waals surface area (Å²) >= 11 is 5.61. The van der Waals surface area contributed by atoms with E-state index in [0.717, 1.165) is 5.56 Å². The van der Waals surface area contributed by atoms with Crippen molar-refractivity contribution in [1.29, 1.82) is 0 Å². The second-order valence-corrected chi connectivity index (χ2v) is 23.6. The Labute approximate surface area is 576 Å². The summed E-state index contributed by atoms with van der Waals surface area (Å²) in [5, 5.41) is 85.2. The monoisotopic (exact) mass is 1410 g/mol. The van der Waals surface area contributed by atoms with Crippen LogP contribution >= 0.6 is 12.2 Å². The number of hydrogen-bond donors (Lipinski definition) is 13. The lowest BCUT2D eigenvalue weighted by Gasteiger charge is -2.37. The normalized spacial score (nSPS) is 14.6. The van der Waals surface area contributed by atoms with Gasteiger partial charge in [-0.05, 0) is 120 Å². The molecule has 5 amide bonds. The summed E-state index contributed by atoms with van der Waals surface area (Å²) in [4.78, 5) is 174. The summed E-state index contributed by atoms with van der Waals surface area (Å²) in [6, 6.07) is 10.2. The van der Waals surface area contributed by atoms with Crippen LogP contribution in [-0.2, 0) is 75.3 Å². The molecule has 0 saturated carbocycles. The molecule has 2 aromatic carbocycles. The van der Waals surface area contributed by atoms with Crippen LogP contribution in [0.25, 0.3) is 11.3 Å². The molecule has 1 aliphatic heterocycles. The molecule has 4 rings (SSSR count). The number of amides is 5. The highest BCUT2D eigenvalue weighted by atomic mass is 32.1. The molecule has 13 N–H and O–H groups in total. The van der Waals surface area contributed by atoms with Crippen LogP contribution in [0.2, 0.25) is 0 Å². The minimum absolute atomic E-state index is 0.0270. The first-order valence-electron chi connectivity index (χ1n) is 31.9. The number of unbranched alkanes of at least 4 members (excludes halogenated alkanes) is 4. The topological polar surface area (TPSA) is 505 Å². The van der Waals surface area contributed by atoms with Gasteiger partial charge >= 0.3 is 60.2 Å². The first-order valence-corrected chi connectivity index (χ1v) is 32.3. The zero-order chi connectivity index (χ0) is 73.7. The maximum atomic E-state index is 14.0. The predicted molar refractivity (Wildman–Crippen MR) is 354 cm³/mol. The number of aliphatic carboxylic acids is 6. The van der Waals surface area contributed by atoms with Gasteiger partial charge < -0.3 is 77.6 Å². The summed E-state index contributed by atoms with van der Waals surface area (Å²) in [5.74, 6) is -8.59. The number of carboxylic acids is 6. The van der Waals surface area contributed by atoms with Gasteiger partial charge in [0.1, 0.15) is 18.4 Å². The molecule has 4 atom stereocenters. The van der Waals surface area contributed by atoms with E-state index in [4.69, 9.17) is 36.5 Å². The third-order valence-corrected chi connectivity index (χ3v) is 15.6. The minimum Gasteiger partial charge on any atom is -0.481 e. The molecule has 1 aromatic heterocycles. The van der Waals surface area contributed by atoms with Crippen LogP contribution in [0.15, 0.2) is 54.7 Å². The quantitative estimate of drug-likeness (QED) is 0.0284. The van der Waals surface area contributed by atoms with Crippen molar-refractivity contribution in [3.63, 3.8) is 0 Å². The largest absolute Gasteiger partial charge is 0.481 e. The van der Waals surface area contributed by atoms with Gasteiger partial charge in [-0.1, -0.05) is 42.3 Å². The molecule has 0 bridgehead atoms. The SMILES string of the molecule is CC(=O)CCCCC[C@H](CC(=O)[C@H](CCCCNC(=S)Nc1ccc(CC2CN(C)CCN(CC(=O)O)CCN(CC(=O)O)CCN2CC(=O)O)cc1)NC(=O)Cn1nncc1-c1cccc(NC(=O)NCCCC[C@H](NC(=O)NCCCC(=O)O)C(=O)O)c1)C(=O)O.O=C=O.O=C=O. The number of carboxylic acid groups (broad SMARTS) is 6. The molecule has 35 nitrogen and oxygen atoms in total. The molecule has 3 aromatic rings. The van der Waals surface area contributed by atoms with Gasteiger partial charge in [-0.25, -0.2) is 19.1 Å². The molecule has 0 spiro atoms. The number of nitrogens with one attached hydrogen (secondary N) is 7. The summed E-state index contributed by atoms with van der Waals surface area (Å²) in [7, 11) is 1.89. The van der Waals surface area contributed by atoms with E-state index in [-0.39, 0.29) is 122 Å². The number of aromatic nitrogens is 3. The van der Waals surface area contributed by atoms with Crippen molar-refractivity contribution < 1.29 is 103 Å². The highest BCUT2D eigenvalue weighted by molar-refractivity contribution is 7.80. The third-order valence-electron chi connectivity index (χ3n) is 15.3. The predicted octanol–water partition coefficient (Wildman–Crippen LogP) is 1.54. The van der Waals surface area contributed by atoms with Crippen molar-refractivity contribution in [3.8, 4) is 11.3 Å². The Morgan fingerprint density at radius 3 is 1.76 bits per heavy atom. The number of ketones is 2. The summed E-state index contributed by atoms with van der Waals surface area (Å²) < 4.78 is 1.31. The standard InChI is InChI=1S/C61H90N14O17S.2CO2/c1-41(76)12-4-3-5-13-44(57(87)88)34-51(77)48(68-52(78)37-75-50(35-65-70-75)43-14-10-15-46(33-43)66-59(91)62-23-8-7-17-49(58(89)90)69-60(92)63-25-11-18-53(79)80)16-6-9-24-64-61(93)67-45-21-19-42(20-22-45)32-47-36-71(2)26-27-72(38-54(81)82)28-29-73(39-55(83)84)30-31-74(47)40-56(85)86;2*2-1-3/h10,14-15,19-22,33,35,44,47-49H,3-9,11-13,16-18,23-32,34,36-40H2,1-2H3,(H,68,78)(H,79,80)(H,81,82)(H,83,84)(H,85,86)(H,87,88)(H,89,90)(H2,62,66,91)(H2,63,69,92)(H2,64,67,93);;/t44-,47?,48+,49+;;/m1../s1. The van der Waals surface area contributed by atoms with Crippen LogP contribution in [0, 0.1) is 5.92 Å². The Hall–Kier alpha value is -9.96. The molecule has 1 fully saturated rings. The molecular formula is C63H90N14O21S. The van der Waals surface area contributed by atoms with Gasteiger partial charge in [0.25, 0.3) is 0 Å². The van der Waals surface area contributed by atoms with Crippen LogP contribution < -0.4 is 37.2 Å². The average molecular weight is 1410 g/mol. The van der Waals surface area contributed by atoms with Gasteiger partial charge in [-0.2, -0.15) is 19.2 Å². The fourth-order valence-corrected chi connectivity index (χ4v) is 10.6. The van der Waals surface area contributed by atoms with Crippen molar-refractivity contribution in [2.45, 2.75) is 128 Å². The molecule has 1 aliphatic rings. The van der Waals surface area contributed by atoms with E-state index in [0.29, 0.717) is 118 Å². The van der Waals surface area contributed by atoms with Gasteiger partial charge in [-0.15, -0.1) is 5.10 Å². The number of Topliss-reactive ketones (excluding diaryl/α,β-unsaturated/α-hetero) is 2. The van der Waals surface area contributed by atoms with Gasteiger partial charge in [0.05, 0.1) is 43.5 Å². The Kier molecular flexibility index (Phi) is 41.9. The Morgan fingerprint density at radius 2 is 1.16 bits per heavy atom. The maximum Gasteiger partial charge on any atom is 0.373 e. The molecule has 544 valence electrons. The zero-order valence-corrected chi connectivity index (χ0v) is 56.2.